The molecule has 1 nitrogen and oxygen atoms in total. The molecule has 0 saturated carbocycles. The third-order valence-electron chi connectivity index (χ3n) is 3.37. The van der Waals surface area contributed by atoms with Gasteiger partial charge >= 0.3 is 0 Å². The molecule has 0 aliphatic carbocycles. The van der Waals surface area contributed by atoms with Gasteiger partial charge in [0.2, 0.25) is 0 Å². The van der Waals surface area contributed by atoms with Gasteiger partial charge in [0.05, 0.1) is 0 Å². The molecule has 19 heavy (non-hydrogen) atoms. The molecule has 0 radical (unpaired) electrons. The lowest BCUT2D eigenvalue weighted by Crippen LogP contribution is -1.95. The Kier molecular flexibility index (Phi) is 3.20. The molecule has 0 fully saturated rings. The molecule has 0 heterocycles. The molecule has 0 aromatic heterocycles. The summed E-state index contributed by atoms with van der Waals surface area (Å²) in [5.41, 5.74) is 3.73. The maximum atomic E-state index is 3.32. The van der Waals surface area contributed by atoms with Gasteiger partial charge in [-0.1, -0.05) is 54.6 Å². The molecular formula is C18H17N. The smallest absolute Gasteiger partial charge is 0.0340 e. The second kappa shape index (κ2) is 5.15. The van der Waals surface area contributed by atoms with Gasteiger partial charge < -0.3 is 5.32 Å². The lowest BCUT2D eigenvalue weighted by Gasteiger charge is -2.08. The molecule has 0 spiro atoms. The summed E-state index contributed by atoms with van der Waals surface area (Å²) in [5.74, 6) is 0. The molecule has 0 aliphatic heterocycles. The number of rotatable bonds is 3. The SMILES string of the molecule is CCNc1ccc(-c2cccc3ccccc23)cc1. The van der Waals surface area contributed by atoms with Crippen molar-refractivity contribution in [2.24, 2.45) is 0 Å². The third kappa shape index (κ3) is 2.32. The number of anilines is 1. The van der Waals surface area contributed by atoms with Crippen LogP contribution in [0.5, 0.6) is 0 Å². The molecule has 3 rings (SSSR count). The van der Waals surface area contributed by atoms with Crippen LogP contribution in [-0.4, -0.2) is 6.54 Å². The van der Waals surface area contributed by atoms with Crippen molar-refractivity contribution < 1.29 is 0 Å². The zero-order valence-electron chi connectivity index (χ0n) is 11.1. The normalized spacial score (nSPS) is 10.6. The topological polar surface area (TPSA) is 12.0 Å². The standard InChI is InChI=1S/C18H17N/c1-2-19-16-12-10-15(11-13-16)18-9-5-7-14-6-3-4-8-17(14)18/h3-13,19H,2H2,1H3. The Labute approximate surface area is 113 Å². The van der Waals surface area contributed by atoms with E-state index in [0.29, 0.717) is 0 Å². The summed E-state index contributed by atoms with van der Waals surface area (Å²) in [6.45, 7) is 3.06. The summed E-state index contributed by atoms with van der Waals surface area (Å²) >= 11 is 0. The second-order valence-electron chi connectivity index (χ2n) is 4.63. The molecule has 3 aromatic rings. The van der Waals surface area contributed by atoms with E-state index in [0.717, 1.165) is 6.54 Å². The van der Waals surface area contributed by atoms with E-state index < -0.39 is 0 Å². The summed E-state index contributed by atoms with van der Waals surface area (Å²) in [6, 6.07) is 23.6. The van der Waals surface area contributed by atoms with Gasteiger partial charge in [0.25, 0.3) is 0 Å². The Morgan fingerprint density at radius 3 is 2.32 bits per heavy atom. The van der Waals surface area contributed by atoms with Gasteiger partial charge in [0.15, 0.2) is 0 Å². The highest BCUT2D eigenvalue weighted by molar-refractivity contribution is 5.96. The minimum absolute atomic E-state index is 0.952. The first-order chi connectivity index (χ1) is 9.38. The molecular weight excluding hydrogens is 230 g/mol. The molecule has 0 bridgehead atoms. The predicted molar refractivity (Wildman–Crippen MR) is 83.5 cm³/mol. The fraction of sp³-hybridized carbons (Fsp3) is 0.111. The summed E-state index contributed by atoms with van der Waals surface area (Å²) in [5, 5.41) is 5.92. The summed E-state index contributed by atoms with van der Waals surface area (Å²) in [7, 11) is 0. The van der Waals surface area contributed by atoms with Crippen molar-refractivity contribution in [2.45, 2.75) is 6.92 Å². The van der Waals surface area contributed by atoms with E-state index in [-0.39, 0.29) is 0 Å². The number of hydrogen-bond acceptors (Lipinski definition) is 1. The van der Waals surface area contributed by atoms with E-state index in [1.807, 2.05) is 0 Å². The summed E-state index contributed by atoms with van der Waals surface area (Å²) < 4.78 is 0. The highest BCUT2D eigenvalue weighted by atomic mass is 14.8. The van der Waals surface area contributed by atoms with Gasteiger partial charge in [0, 0.05) is 12.2 Å². The monoisotopic (exact) mass is 247 g/mol. The average molecular weight is 247 g/mol. The number of hydrogen-bond donors (Lipinski definition) is 1. The fourth-order valence-electron chi connectivity index (χ4n) is 2.45. The van der Waals surface area contributed by atoms with Crippen LogP contribution in [0.2, 0.25) is 0 Å². The third-order valence-corrected chi connectivity index (χ3v) is 3.37. The Balaban J connectivity index is 2.08. The van der Waals surface area contributed by atoms with E-state index in [1.165, 1.54) is 27.6 Å². The van der Waals surface area contributed by atoms with E-state index >= 15 is 0 Å². The van der Waals surface area contributed by atoms with E-state index in [4.69, 9.17) is 0 Å². The molecule has 94 valence electrons. The molecule has 0 unspecified atom stereocenters. The molecule has 3 aromatic carbocycles. The van der Waals surface area contributed by atoms with Crippen molar-refractivity contribution in [3.8, 4) is 11.1 Å². The van der Waals surface area contributed by atoms with E-state index in [2.05, 4.69) is 79.0 Å². The molecule has 0 saturated heterocycles. The Bertz CT molecular complexity index is 678. The van der Waals surface area contributed by atoms with Crippen LogP contribution in [0.25, 0.3) is 21.9 Å². The maximum Gasteiger partial charge on any atom is 0.0340 e. The number of fused-ring (bicyclic) bond motifs is 1. The quantitative estimate of drug-likeness (QED) is 0.691. The van der Waals surface area contributed by atoms with Crippen LogP contribution in [-0.2, 0) is 0 Å². The zero-order chi connectivity index (χ0) is 13.1. The van der Waals surface area contributed by atoms with Crippen LogP contribution in [0.4, 0.5) is 5.69 Å². The molecule has 0 amide bonds. The molecule has 0 atom stereocenters. The minimum atomic E-state index is 0.952. The van der Waals surface area contributed by atoms with Crippen molar-refractivity contribution in [1.29, 1.82) is 0 Å². The molecule has 1 heteroatoms. The Hall–Kier alpha value is -2.28. The maximum absolute atomic E-state index is 3.32. The number of nitrogens with one attached hydrogen (secondary N) is 1. The molecule has 0 aliphatic rings. The van der Waals surface area contributed by atoms with Gasteiger partial charge in [-0.25, -0.2) is 0 Å². The van der Waals surface area contributed by atoms with Crippen molar-refractivity contribution in [2.75, 3.05) is 11.9 Å². The van der Waals surface area contributed by atoms with Crippen LogP contribution >= 0.6 is 0 Å². The fourth-order valence-corrected chi connectivity index (χ4v) is 2.45. The first kappa shape index (κ1) is 11.8. The van der Waals surface area contributed by atoms with Crippen LogP contribution in [0.15, 0.2) is 66.7 Å². The second-order valence-corrected chi connectivity index (χ2v) is 4.63. The van der Waals surface area contributed by atoms with Crippen molar-refractivity contribution in [3.63, 3.8) is 0 Å². The number of benzene rings is 3. The van der Waals surface area contributed by atoms with Crippen LogP contribution in [0.3, 0.4) is 0 Å². The van der Waals surface area contributed by atoms with E-state index in [9.17, 15) is 0 Å². The van der Waals surface area contributed by atoms with Gasteiger partial charge in [-0.15, -0.1) is 0 Å². The lowest BCUT2D eigenvalue weighted by atomic mass is 9.98. The largest absolute Gasteiger partial charge is 0.385 e. The van der Waals surface area contributed by atoms with Gasteiger partial charge in [-0.05, 0) is 41.0 Å². The van der Waals surface area contributed by atoms with Crippen LogP contribution < -0.4 is 5.32 Å². The predicted octanol–water partition coefficient (Wildman–Crippen LogP) is 4.94. The first-order valence-electron chi connectivity index (χ1n) is 6.70. The van der Waals surface area contributed by atoms with Crippen LogP contribution in [0, 0.1) is 0 Å². The highest BCUT2D eigenvalue weighted by Crippen LogP contribution is 2.29. The zero-order valence-corrected chi connectivity index (χ0v) is 11.1. The van der Waals surface area contributed by atoms with Crippen molar-refractivity contribution >= 4 is 16.5 Å². The Morgan fingerprint density at radius 1 is 0.789 bits per heavy atom. The van der Waals surface area contributed by atoms with Gasteiger partial charge in [-0.2, -0.15) is 0 Å². The average Bonchev–Trinajstić information content (AvgIpc) is 2.48. The van der Waals surface area contributed by atoms with Gasteiger partial charge in [0.1, 0.15) is 0 Å². The van der Waals surface area contributed by atoms with Gasteiger partial charge in [-0.3, -0.25) is 0 Å². The van der Waals surface area contributed by atoms with Crippen LogP contribution in [0.1, 0.15) is 6.92 Å². The summed E-state index contributed by atoms with van der Waals surface area (Å²) in [6.07, 6.45) is 0. The van der Waals surface area contributed by atoms with E-state index in [1.54, 1.807) is 0 Å². The Morgan fingerprint density at radius 2 is 1.53 bits per heavy atom. The minimum Gasteiger partial charge on any atom is -0.385 e. The highest BCUT2D eigenvalue weighted by Gasteiger charge is 2.02. The summed E-state index contributed by atoms with van der Waals surface area (Å²) in [4.78, 5) is 0. The first-order valence-corrected chi connectivity index (χ1v) is 6.70. The van der Waals surface area contributed by atoms with Crippen molar-refractivity contribution in [3.05, 3.63) is 66.7 Å². The lowest BCUT2D eigenvalue weighted by molar-refractivity contribution is 1.21. The molecule has 1 N–H and O–H groups in total. The van der Waals surface area contributed by atoms with Crippen molar-refractivity contribution in [1.82, 2.24) is 0 Å².